The summed E-state index contributed by atoms with van der Waals surface area (Å²) in [4.78, 5) is 11.4. The Balaban J connectivity index is 1.79. The summed E-state index contributed by atoms with van der Waals surface area (Å²) in [5.41, 5.74) is 3.80. The molecule has 3 aromatic rings. The van der Waals surface area contributed by atoms with Crippen LogP contribution in [0.25, 0.3) is 22.0 Å². The Labute approximate surface area is 128 Å². The van der Waals surface area contributed by atoms with Gasteiger partial charge in [0.25, 0.3) is 0 Å². The van der Waals surface area contributed by atoms with Gasteiger partial charge in [0.15, 0.2) is 0 Å². The van der Waals surface area contributed by atoms with Crippen molar-refractivity contribution in [3.05, 3.63) is 60.3 Å². The Morgan fingerprint density at radius 1 is 1.09 bits per heavy atom. The van der Waals surface area contributed by atoms with Crippen LogP contribution in [0.2, 0.25) is 0 Å². The van der Waals surface area contributed by atoms with Crippen molar-refractivity contribution in [2.75, 3.05) is 0 Å². The number of rotatable bonds is 3. The quantitative estimate of drug-likeness (QED) is 0.793. The lowest BCUT2D eigenvalue weighted by Crippen LogP contribution is -2.19. The zero-order chi connectivity index (χ0) is 15.3. The number of carboxylic acid groups (broad SMARTS) is 1. The van der Waals surface area contributed by atoms with Crippen LogP contribution in [0, 0.1) is 0 Å². The molecule has 0 radical (unpaired) electrons. The van der Waals surface area contributed by atoms with Gasteiger partial charge < -0.3 is 9.67 Å². The van der Waals surface area contributed by atoms with Crippen LogP contribution in [0.4, 0.5) is 0 Å². The first-order valence-corrected chi connectivity index (χ1v) is 7.50. The molecule has 4 rings (SSSR count). The Hall–Kier alpha value is -2.55. The summed E-state index contributed by atoms with van der Waals surface area (Å²) in [5, 5.41) is 10.6. The molecule has 1 saturated carbocycles. The molecule has 0 unspecified atom stereocenters. The summed E-state index contributed by atoms with van der Waals surface area (Å²) >= 11 is 0. The molecule has 0 atom stereocenters. The molecule has 0 bridgehead atoms. The van der Waals surface area contributed by atoms with Gasteiger partial charge in [0.05, 0.1) is 5.41 Å². The second-order valence-corrected chi connectivity index (χ2v) is 6.14. The second kappa shape index (κ2) is 4.47. The molecule has 1 aliphatic rings. The molecular formula is C19H17NO2. The minimum Gasteiger partial charge on any atom is -0.481 e. The molecule has 0 saturated heterocycles. The molecule has 1 heterocycles. The lowest BCUT2D eigenvalue weighted by Gasteiger charge is -2.10. The van der Waals surface area contributed by atoms with Gasteiger partial charge in [0.1, 0.15) is 0 Å². The molecule has 3 nitrogen and oxygen atoms in total. The smallest absolute Gasteiger partial charge is 0.314 e. The van der Waals surface area contributed by atoms with E-state index in [0.717, 1.165) is 24.0 Å². The summed E-state index contributed by atoms with van der Waals surface area (Å²) in [6, 6.07) is 16.3. The van der Waals surface area contributed by atoms with E-state index in [1.807, 2.05) is 43.4 Å². The van der Waals surface area contributed by atoms with Crippen molar-refractivity contribution in [2.45, 2.75) is 18.3 Å². The van der Waals surface area contributed by atoms with Crippen molar-refractivity contribution in [2.24, 2.45) is 7.05 Å². The maximum absolute atomic E-state index is 11.4. The second-order valence-electron chi connectivity index (χ2n) is 6.14. The van der Waals surface area contributed by atoms with E-state index in [1.54, 1.807) is 0 Å². The number of aliphatic carboxylic acids is 1. The molecule has 1 fully saturated rings. The predicted molar refractivity (Wildman–Crippen MR) is 86.9 cm³/mol. The fourth-order valence-corrected chi connectivity index (χ4v) is 3.29. The number of carboxylic acids is 1. The van der Waals surface area contributed by atoms with Crippen LogP contribution in [0.1, 0.15) is 18.4 Å². The van der Waals surface area contributed by atoms with Gasteiger partial charge in [-0.25, -0.2) is 0 Å². The number of aryl methyl sites for hydroxylation is 1. The summed E-state index contributed by atoms with van der Waals surface area (Å²) in [7, 11) is 2.05. The number of benzene rings is 2. The van der Waals surface area contributed by atoms with Gasteiger partial charge in [0, 0.05) is 29.7 Å². The SMILES string of the molecule is Cn1cc(-c2ccc(C3(C(=O)O)CC3)cc2)c2ccccc21. The van der Waals surface area contributed by atoms with Gasteiger partial charge in [-0.05, 0) is 30.0 Å². The first kappa shape index (κ1) is 13.1. The fraction of sp³-hybridized carbons (Fsp3) is 0.211. The fourth-order valence-electron chi connectivity index (χ4n) is 3.29. The van der Waals surface area contributed by atoms with Crippen molar-refractivity contribution >= 4 is 16.9 Å². The van der Waals surface area contributed by atoms with E-state index in [4.69, 9.17) is 0 Å². The zero-order valence-electron chi connectivity index (χ0n) is 12.4. The number of aromatic nitrogens is 1. The van der Waals surface area contributed by atoms with Crippen molar-refractivity contribution < 1.29 is 9.90 Å². The summed E-state index contributed by atoms with van der Waals surface area (Å²) < 4.78 is 2.12. The van der Waals surface area contributed by atoms with Crippen molar-refractivity contribution in [1.82, 2.24) is 4.57 Å². The maximum Gasteiger partial charge on any atom is 0.314 e. The highest BCUT2D eigenvalue weighted by atomic mass is 16.4. The largest absolute Gasteiger partial charge is 0.481 e. The minimum atomic E-state index is -0.703. The Bertz CT molecular complexity index is 870. The van der Waals surface area contributed by atoms with Gasteiger partial charge in [0.2, 0.25) is 0 Å². The third-order valence-electron chi connectivity index (χ3n) is 4.80. The van der Waals surface area contributed by atoms with Crippen LogP contribution in [-0.4, -0.2) is 15.6 Å². The van der Waals surface area contributed by atoms with Crippen LogP contribution in [0.3, 0.4) is 0 Å². The first-order chi connectivity index (χ1) is 10.6. The monoisotopic (exact) mass is 291 g/mol. The molecule has 22 heavy (non-hydrogen) atoms. The van der Waals surface area contributed by atoms with Crippen LogP contribution in [0.5, 0.6) is 0 Å². The minimum absolute atomic E-state index is 0.628. The van der Waals surface area contributed by atoms with Crippen LogP contribution in [-0.2, 0) is 17.3 Å². The van der Waals surface area contributed by atoms with E-state index >= 15 is 0 Å². The van der Waals surface area contributed by atoms with E-state index in [-0.39, 0.29) is 0 Å². The van der Waals surface area contributed by atoms with Gasteiger partial charge in [-0.3, -0.25) is 4.79 Å². The van der Waals surface area contributed by atoms with E-state index in [0.29, 0.717) is 0 Å². The molecule has 0 aliphatic heterocycles. The van der Waals surface area contributed by atoms with Gasteiger partial charge in [-0.15, -0.1) is 0 Å². The Morgan fingerprint density at radius 2 is 1.77 bits per heavy atom. The lowest BCUT2D eigenvalue weighted by atomic mass is 9.94. The molecule has 2 aromatic carbocycles. The first-order valence-electron chi connectivity index (χ1n) is 7.50. The van der Waals surface area contributed by atoms with Gasteiger partial charge in [-0.1, -0.05) is 42.5 Å². The normalized spacial score (nSPS) is 15.9. The topological polar surface area (TPSA) is 42.2 Å². The average molecular weight is 291 g/mol. The zero-order valence-corrected chi connectivity index (χ0v) is 12.4. The molecule has 1 aliphatic carbocycles. The van der Waals surface area contributed by atoms with Crippen molar-refractivity contribution in [3.8, 4) is 11.1 Å². The number of hydrogen-bond acceptors (Lipinski definition) is 1. The Morgan fingerprint density at radius 3 is 2.41 bits per heavy atom. The maximum atomic E-state index is 11.4. The predicted octanol–water partition coefficient (Wildman–Crippen LogP) is 3.96. The number of fused-ring (bicyclic) bond motifs is 1. The molecule has 0 amide bonds. The summed E-state index contributed by atoms with van der Waals surface area (Å²) in [6.07, 6.45) is 3.62. The number of hydrogen-bond donors (Lipinski definition) is 1. The van der Waals surface area contributed by atoms with E-state index < -0.39 is 11.4 Å². The van der Waals surface area contributed by atoms with E-state index in [9.17, 15) is 9.90 Å². The molecule has 3 heteroatoms. The number of carbonyl (C=O) groups is 1. The van der Waals surface area contributed by atoms with Crippen LogP contribution in [0.15, 0.2) is 54.7 Å². The molecule has 0 spiro atoms. The number of nitrogens with zero attached hydrogens (tertiary/aromatic N) is 1. The molecule has 110 valence electrons. The van der Waals surface area contributed by atoms with E-state index in [1.165, 1.54) is 16.5 Å². The van der Waals surface area contributed by atoms with Crippen molar-refractivity contribution in [1.29, 1.82) is 0 Å². The van der Waals surface area contributed by atoms with Gasteiger partial charge >= 0.3 is 5.97 Å². The standard InChI is InChI=1S/C19H17NO2/c1-20-12-16(15-4-2-3-5-17(15)20)13-6-8-14(9-7-13)19(10-11-19)18(21)22/h2-9,12H,10-11H2,1H3,(H,21,22). The highest BCUT2D eigenvalue weighted by Gasteiger charge is 2.51. The lowest BCUT2D eigenvalue weighted by molar-refractivity contribution is -0.140. The third-order valence-corrected chi connectivity index (χ3v) is 4.80. The molecule has 1 N–H and O–H groups in total. The van der Waals surface area contributed by atoms with Crippen molar-refractivity contribution in [3.63, 3.8) is 0 Å². The molecular weight excluding hydrogens is 274 g/mol. The molecule has 1 aromatic heterocycles. The summed E-state index contributed by atoms with van der Waals surface area (Å²) in [6.45, 7) is 0. The van der Waals surface area contributed by atoms with Gasteiger partial charge in [-0.2, -0.15) is 0 Å². The highest BCUT2D eigenvalue weighted by Crippen LogP contribution is 2.48. The number of para-hydroxylation sites is 1. The third kappa shape index (κ3) is 1.78. The average Bonchev–Trinajstić information content (AvgIpc) is 3.29. The summed E-state index contributed by atoms with van der Waals surface area (Å²) in [5.74, 6) is -0.703. The van der Waals surface area contributed by atoms with E-state index in [2.05, 4.69) is 22.9 Å². The Kier molecular flexibility index (Phi) is 2.67. The van der Waals surface area contributed by atoms with Crippen LogP contribution >= 0.6 is 0 Å². The highest BCUT2D eigenvalue weighted by molar-refractivity contribution is 5.96. The van der Waals surface area contributed by atoms with Crippen LogP contribution < -0.4 is 0 Å².